The molecule has 2 aromatic rings. The molecule has 0 aromatic heterocycles. The number of ether oxygens (including phenoxy) is 3. The molecular formula is C25H24N2O5. The van der Waals surface area contributed by atoms with E-state index < -0.39 is 11.8 Å². The molecule has 1 aliphatic rings. The van der Waals surface area contributed by atoms with Gasteiger partial charge in [-0.15, -0.1) is 0 Å². The third-order valence-corrected chi connectivity index (χ3v) is 5.35. The van der Waals surface area contributed by atoms with Crippen LogP contribution in [-0.2, 0) is 16.0 Å². The molecule has 0 radical (unpaired) electrons. The van der Waals surface area contributed by atoms with Crippen molar-refractivity contribution in [2.45, 2.75) is 13.3 Å². The molecule has 0 saturated heterocycles. The van der Waals surface area contributed by atoms with Crippen LogP contribution in [0.15, 0.2) is 59.2 Å². The fourth-order valence-corrected chi connectivity index (χ4v) is 3.46. The van der Waals surface area contributed by atoms with Gasteiger partial charge in [-0.2, -0.15) is 5.26 Å². The Morgan fingerprint density at radius 1 is 0.938 bits per heavy atom. The maximum atomic E-state index is 13.3. The minimum absolute atomic E-state index is 0.0435. The second-order valence-electron chi connectivity index (χ2n) is 7.14. The lowest BCUT2D eigenvalue weighted by Crippen LogP contribution is -2.43. The van der Waals surface area contributed by atoms with Gasteiger partial charge < -0.3 is 14.2 Å². The fraction of sp³-hybridized carbons (Fsp3) is 0.240. The van der Waals surface area contributed by atoms with Crippen LogP contribution in [0, 0.1) is 11.3 Å². The zero-order valence-electron chi connectivity index (χ0n) is 18.5. The zero-order valence-corrected chi connectivity index (χ0v) is 18.5. The molecule has 7 heteroatoms. The summed E-state index contributed by atoms with van der Waals surface area (Å²) in [5, 5.41) is 9.58. The number of hydrogen-bond donors (Lipinski definition) is 0. The smallest absolute Gasteiger partial charge is 0.271 e. The Hall–Kier alpha value is -4.05. The van der Waals surface area contributed by atoms with E-state index in [1.165, 1.54) is 7.11 Å². The number of nitriles is 1. The number of amides is 2. The predicted molar refractivity (Wildman–Crippen MR) is 119 cm³/mol. The Balaban J connectivity index is 1.95. The lowest BCUT2D eigenvalue weighted by atomic mass is 9.93. The maximum absolute atomic E-state index is 13.3. The van der Waals surface area contributed by atoms with Crippen LogP contribution >= 0.6 is 0 Å². The summed E-state index contributed by atoms with van der Waals surface area (Å²) < 4.78 is 15.8. The van der Waals surface area contributed by atoms with Crippen molar-refractivity contribution >= 4 is 17.9 Å². The quantitative estimate of drug-likeness (QED) is 0.491. The van der Waals surface area contributed by atoms with Gasteiger partial charge in [0.05, 0.1) is 21.3 Å². The van der Waals surface area contributed by atoms with E-state index in [1.54, 1.807) is 45.4 Å². The number of imide groups is 1. The number of nitrogens with zero attached hydrogens (tertiary/aromatic N) is 2. The summed E-state index contributed by atoms with van der Waals surface area (Å²) in [5.41, 5.74) is 2.16. The summed E-state index contributed by atoms with van der Waals surface area (Å²) in [6, 6.07) is 14.6. The lowest BCUT2D eigenvalue weighted by molar-refractivity contribution is -0.140. The topological polar surface area (TPSA) is 88.9 Å². The molecule has 1 aliphatic heterocycles. The molecule has 0 bridgehead atoms. The zero-order chi connectivity index (χ0) is 23.3. The number of hydrogen-bond acceptors (Lipinski definition) is 6. The number of methoxy groups -OCH3 is 3. The van der Waals surface area contributed by atoms with E-state index in [0.29, 0.717) is 29.1 Å². The average molecular weight is 432 g/mol. The molecule has 2 aromatic carbocycles. The second-order valence-corrected chi connectivity index (χ2v) is 7.14. The Bertz CT molecular complexity index is 1140. The van der Waals surface area contributed by atoms with Crippen molar-refractivity contribution in [2.24, 2.45) is 0 Å². The Morgan fingerprint density at radius 2 is 1.59 bits per heavy atom. The molecule has 0 fully saturated rings. The molecule has 2 amide bonds. The number of benzene rings is 2. The van der Waals surface area contributed by atoms with Crippen LogP contribution in [0.1, 0.15) is 18.1 Å². The molecule has 3 rings (SSSR count). The first kappa shape index (κ1) is 22.6. The van der Waals surface area contributed by atoms with Crippen molar-refractivity contribution in [1.82, 2.24) is 4.90 Å². The molecule has 0 N–H and O–H groups in total. The van der Waals surface area contributed by atoms with E-state index in [2.05, 4.69) is 0 Å². The SMILES string of the molecule is COc1ccc(CCN2C(=O)C(C#N)=C(C)/C(=C\c3ccc(OC)cc3OC)C2=O)cc1. The van der Waals surface area contributed by atoms with Crippen LogP contribution in [0.5, 0.6) is 17.2 Å². The van der Waals surface area contributed by atoms with Crippen molar-refractivity contribution in [3.8, 4) is 23.3 Å². The Labute approximate surface area is 187 Å². The highest BCUT2D eigenvalue weighted by Gasteiger charge is 2.35. The highest BCUT2D eigenvalue weighted by atomic mass is 16.5. The highest BCUT2D eigenvalue weighted by molar-refractivity contribution is 6.19. The summed E-state index contributed by atoms with van der Waals surface area (Å²) in [4.78, 5) is 27.2. The molecule has 0 atom stereocenters. The van der Waals surface area contributed by atoms with Gasteiger partial charge in [0, 0.05) is 23.7 Å². The first-order valence-corrected chi connectivity index (χ1v) is 9.97. The second kappa shape index (κ2) is 9.84. The number of rotatable bonds is 7. The van der Waals surface area contributed by atoms with E-state index in [0.717, 1.165) is 16.2 Å². The summed E-state index contributed by atoms with van der Waals surface area (Å²) in [7, 11) is 4.66. The molecule has 1 heterocycles. The van der Waals surface area contributed by atoms with E-state index in [4.69, 9.17) is 14.2 Å². The van der Waals surface area contributed by atoms with Gasteiger partial charge in [-0.1, -0.05) is 12.1 Å². The monoisotopic (exact) mass is 432 g/mol. The Kier molecular flexibility index (Phi) is 6.96. The first-order valence-electron chi connectivity index (χ1n) is 9.97. The average Bonchev–Trinajstić information content (AvgIpc) is 2.82. The van der Waals surface area contributed by atoms with Crippen LogP contribution in [0.4, 0.5) is 0 Å². The van der Waals surface area contributed by atoms with Crippen LogP contribution in [0.25, 0.3) is 6.08 Å². The normalized spacial score (nSPS) is 15.1. The highest BCUT2D eigenvalue weighted by Crippen LogP contribution is 2.31. The molecule has 0 spiro atoms. The van der Waals surface area contributed by atoms with Crippen LogP contribution < -0.4 is 14.2 Å². The molecule has 0 saturated carbocycles. The van der Waals surface area contributed by atoms with Gasteiger partial charge in [0.2, 0.25) is 0 Å². The van der Waals surface area contributed by atoms with Crippen LogP contribution in [-0.4, -0.2) is 44.6 Å². The van der Waals surface area contributed by atoms with Crippen molar-refractivity contribution < 1.29 is 23.8 Å². The van der Waals surface area contributed by atoms with Gasteiger partial charge in [0.15, 0.2) is 0 Å². The molecule has 32 heavy (non-hydrogen) atoms. The number of carbonyl (C=O) groups excluding carboxylic acids is 2. The van der Waals surface area contributed by atoms with E-state index >= 15 is 0 Å². The largest absolute Gasteiger partial charge is 0.497 e. The van der Waals surface area contributed by atoms with E-state index in [-0.39, 0.29) is 17.7 Å². The van der Waals surface area contributed by atoms with Crippen molar-refractivity contribution in [3.63, 3.8) is 0 Å². The summed E-state index contributed by atoms with van der Waals surface area (Å²) in [6.07, 6.45) is 2.10. The van der Waals surface area contributed by atoms with Gasteiger partial charge in [-0.05, 0) is 54.8 Å². The maximum Gasteiger partial charge on any atom is 0.271 e. The van der Waals surface area contributed by atoms with Gasteiger partial charge in [-0.25, -0.2) is 0 Å². The van der Waals surface area contributed by atoms with Gasteiger partial charge >= 0.3 is 0 Å². The molecule has 7 nitrogen and oxygen atoms in total. The standard InChI is InChI=1S/C25H24N2O5/c1-16-21(13-18-7-10-20(31-3)14-23(18)32-4)24(28)27(25(29)22(16)15-26)12-11-17-5-8-19(30-2)9-6-17/h5-10,13-14H,11-12H2,1-4H3/b21-13+. The Morgan fingerprint density at radius 3 is 2.19 bits per heavy atom. The fourth-order valence-electron chi connectivity index (χ4n) is 3.46. The molecule has 0 aliphatic carbocycles. The third-order valence-electron chi connectivity index (χ3n) is 5.35. The van der Waals surface area contributed by atoms with Crippen LogP contribution in [0.2, 0.25) is 0 Å². The summed E-state index contributed by atoms with van der Waals surface area (Å²) in [6.45, 7) is 1.76. The van der Waals surface area contributed by atoms with E-state index in [9.17, 15) is 14.9 Å². The predicted octanol–water partition coefficient (Wildman–Crippen LogP) is 3.55. The first-order chi connectivity index (χ1) is 15.4. The number of carbonyl (C=O) groups is 2. The van der Waals surface area contributed by atoms with Gasteiger partial charge in [-0.3, -0.25) is 14.5 Å². The van der Waals surface area contributed by atoms with Crippen molar-refractivity contribution in [1.29, 1.82) is 5.26 Å². The third kappa shape index (κ3) is 4.49. The summed E-state index contributed by atoms with van der Waals surface area (Å²) in [5.74, 6) is 0.820. The summed E-state index contributed by atoms with van der Waals surface area (Å²) >= 11 is 0. The minimum Gasteiger partial charge on any atom is -0.497 e. The lowest BCUT2D eigenvalue weighted by Gasteiger charge is -2.27. The van der Waals surface area contributed by atoms with E-state index in [1.807, 2.05) is 30.3 Å². The van der Waals surface area contributed by atoms with Crippen LogP contribution in [0.3, 0.4) is 0 Å². The van der Waals surface area contributed by atoms with Crippen molar-refractivity contribution in [3.05, 3.63) is 70.3 Å². The molecular weight excluding hydrogens is 408 g/mol. The van der Waals surface area contributed by atoms with Crippen molar-refractivity contribution in [2.75, 3.05) is 27.9 Å². The molecule has 164 valence electrons. The molecule has 0 unspecified atom stereocenters. The van der Waals surface area contributed by atoms with Gasteiger partial charge in [0.25, 0.3) is 11.8 Å². The van der Waals surface area contributed by atoms with Gasteiger partial charge in [0.1, 0.15) is 28.9 Å². The minimum atomic E-state index is -0.581.